The molecule has 3 heterocycles. The zero-order valence-corrected chi connectivity index (χ0v) is 19.6. The molecule has 5 rings (SSSR count). The summed E-state index contributed by atoms with van der Waals surface area (Å²) in [4.78, 5) is 24.0. The van der Waals surface area contributed by atoms with E-state index < -0.39 is 0 Å². The van der Waals surface area contributed by atoms with Gasteiger partial charge in [0.1, 0.15) is 9.53 Å². The van der Waals surface area contributed by atoms with Gasteiger partial charge in [-0.25, -0.2) is 9.97 Å². The van der Waals surface area contributed by atoms with E-state index >= 15 is 0 Å². The summed E-state index contributed by atoms with van der Waals surface area (Å²) in [5.74, 6) is 0.957. The van der Waals surface area contributed by atoms with Crippen molar-refractivity contribution in [1.82, 2.24) is 14.5 Å². The molecule has 2 aromatic carbocycles. The molecule has 1 atom stereocenters. The molecule has 160 valence electrons. The molecule has 0 radical (unpaired) electrons. The Morgan fingerprint density at radius 2 is 1.91 bits per heavy atom. The monoisotopic (exact) mass is 457 g/mol. The Hall–Kier alpha value is -2.96. The normalized spacial score (nSPS) is 12.4. The van der Waals surface area contributed by atoms with Crippen molar-refractivity contribution in [2.45, 2.75) is 37.2 Å². The Kier molecular flexibility index (Phi) is 5.81. The van der Waals surface area contributed by atoms with E-state index in [1.807, 2.05) is 34.9 Å². The van der Waals surface area contributed by atoms with Crippen molar-refractivity contribution >= 4 is 43.5 Å². The zero-order chi connectivity index (χ0) is 22.1. The van der Waals surface area contributed by atoms with Crippen molar-refractivity contribution < 1.29 is 0 Å². The standard InChI is InChI=1S/C26H23N3OS2/c1-17-8-6-9-19(14-17)16-31-26-28-22-21-12-7-13-27-24(21)32-23(22)25(30)29(26)15-18(2)20-10-4-3-5-11-20/h3-14,18H,15-16H2,1-2H3. The van der Waals surface area contributed by atoms with Gasteiger partial charge in [-0.05, 0) is 36.1 Å². The second-order valence-corrected chi connectivity index (χ2v) is 9.98. The number of pyridine rings is 1. The van der Waals surface area contributed by atoms with Crippen LogP contribution in [0, 0.1) is 6.92 Å². The fourth-order valence-electron chi connectivity index (χ4n) is 3.92. The number of aryl methyl sites for hydroxylation is 1. The predicted molar refractivity (Wildman–Crippen MR) is 135 cm³/mol. The van der Waals surface area contributed by atoms with Gasteiger partial charge in [-0.2, -0.15) is 0 Å². The van der Waals surface area contributed by atoms with E-state index in [2.05, 4.69) is 55.2 Å². The molecule has 0 amide bonds. The molecule has 0 fully saturated rings. The molecule has 6 heteroatoms. The number of nitrogens with zero attached hydrogens (tertiary/aromatic N) is 3. The number of fused-ring (bicyclic) bond motifs is 3. The molecule has 0 saturated carbocycles. The lowest BCUT2D eigenvalue weighted by Gasteiger charge is -2.17. The lowest BCUT2D eigenvalue weighted by atomic mass is 10.0. The summed E-state index contributed by atoms with van der Waals surface area (Å²) < 4.78 is 2.54. The van der Waals surface area contributed by atoms with Crippen molar-refractivity contribution in [2.75, 3.05) is 0 Å². The molecule has 32 heavy (non-hydrogen) atoms. The number of aromatic nitrogens is 3. The number of thiophene rings is 1. The van der Waals surface area contributed by atoms with Gasteiger partial charge in [-0.15, -0.1) is 11.3 Å². The third-order valence-corrected chi connectivity index (χ3v) is 7.73. The molecule has 0 N–H and O–H groups in total. The highest BCUT2D eigenvalue weighted by Gasteiger charge is 2.19. The first kappa shape index (κ1) is 20.9. The smallest absolute Gasteiger partial charge is 0.272 e. The molecule has 0 saturated heterocycles. The third-order valence-electron chi connectivity index (χ3n) is 5.59. The molecular weight excluding hydrogens is 434 g/mol. The largest absolute Gasteiger partial charge is 0.286 e. The van der Waals surface area contributed by atoms with Crippen LogP contribution in [-0.2, 0) is 12.3 Å². The molecule has 0 aliphatic heterocycles. The fraction of sp³-hybridized carbons (Fsp3) is 0.192. The highest BCUT2D eigenvalue weighted by molar-refractivity contribution is 7.98. The van der Waals surface area contributed by atoms with Crippen molar-refractivity contribution in [3.05, 3.63) is 100.0 Å². The lowest BCUT2D eigenvalue weighted by molar-refractivity contribution is 0.532. The molecule has 1 unspecified atom stereocenters. The summed E-state index contributed by atoms with van der Waals surface area (Å²) in [5.41, 5.74) is 4.46. The van der Waals surface area contributed by atoms with Gasteiger partial charge >= 0.3 is 0 Å². The quantitative estimate of drug-likeness (QED) is 0.218. The minimum atomic E-state index is 0.0209. The van der Waals surface area contributed by atoms with E-state index in [4.69, 9.17) is 4.98 Å². The fourth-order valence-corrected chi connectivity index (χ4v) is 5.90. The number of rotatable bonds is 6. The third kappa shape index (κ3) is 4.08. The first-order chi connectivity index (χ1) is 15.6. The summed E-state index contributed by atoms with van der Waals surface area (Å²) in [7, 11) is 0. The van der Waals surface area contributed by atoms with E-state index in [1.54, 1.807) is 18.0 Å². The van der Waals surface area contributed by atoms with Crippen molar-refractivity contribution in [1.29, 1.82) is 0 Å². The number of benzene rings is 2. The highest BCUT2D eigenvalue weighted by atomic mass is 32.2. The summed E-state index contributed by atoms with van der Waals surface area (Å²) in [5, 5.41) is 1.71. The van der Waals surface area contributed by atoms with Gasteiger partial charge in [0, 0.05) is 23.9 Å². The summed E-state index contributed by atoms with van der Waals surface area (Å²) in [6.45, 7) is 4.84. The molecule has 4 nitrogen and oxygen atoms in total. The number of thioether (sulfide) groups is 1. The topological polar surface area (TPSA) is 47.8 Å². The predicted octanol–water partition coefficient (Wildman–Crippen LogP) is 6.41. The summed E-state index contributed by atoms with van der Waals surface area (Å²) in [6.07, 6.45) is 1.76. The van der Waals surface area contributed by atoms with Gasteiger partial charge in [0.25, 0.3) is 5.56 Å². The Morgan fingerprint density at radius 3 is 2.72 bits per heavy atom. The van der Waals surface area contributed by atoms with Gasteiger partial charge in [0.15, 0.2) is 5.16 Å². The van der Waals surface area contributed by atoms with Gasteiger partial charge in [-0.1, -0.05) is 78.8 Å². The molecular formula is C26H23N3OS2. The van der Waals surface area contributed by atoms with Crippen LogP contribution in [0.15, 0.2) is 82.9 Å². The van der Waals surface area contributed by atoms with Crippen LogP contribution in [0.4, 0.5) is 0 Å². The average Bonchev–Trinajstić information content (AvgIpc) is 3.19. The maximum absolute atomic E-state index is 13.6. The minimum Gasteiger partial charge on any atom is -0.286 e. The molecule has 0 bridgehead atoms. The van der Waals surface area contributed by atoms with Crippen LogP contribution in [0.5, 0.6) is 0 Å². The highest BCUT2D eigenvalue weighted by Crippen LogP contribution is 2.32. The molecule has 0 aliphatic rings. The van der Waals surface area contributed by atoms with Crippen LogP contribution in [0.2, 0.25) is 0 Å². The van der Waals surface area contributed by atoms with Crippen LogP contribution in [0.3, 0.4) is 0 Å². The Balaban J connectivity index is 1.60. The summed E-state index contributed by atoms with van der Waals surface area (Å²) in [6, 6.07) is 22.7. The van der Waals surface area contributed by atoms with Gasteiger partial charge < -0.3 is 0 Å². The van der Waals surface area contributed by atoms with E-state index in [9.17, 15) is 4.79 Å². The molecule has 3 aromatic heterocycles. The second kappa shape index (κ2) is 8.88. The van der Waals surface area contributed by atoms with E-state index in [1.165, 1.54) is 28.0 Å². The maximum atomic E-state index is 13.6. The number of hydrogen-bond donors (Lipinski definition) is 0. The second-order valence-electron chi connectivity index (χ2n) is 8.04. The van der Waals surface area contributed by atoms with Crippen LogP contribution < -0.4 is 5.56 Å². The SMILES string of the molecule is Cc1cccc(CSc2nc3c(sc4ncccc43)c(=O)n2CC(C)c2ccccc2)c1. The Morgan fingerprint density at radius 1 is 1.06 bits per heavy atom. The first-order valence-electron chi connectivity index (χ1n) is 10.6. The van der Waals surface area contributed by atoms with Gasteiger partial charge in [0.05, 0.1) is 5.52 Å². The lowest BCUT2D eigenvalue weighted by Crippen LogP contribution is -2.25. The van der Waals surface area contributed by atoms with Crippen molar-refractivity contribution in [2.24, 2.45) is 0 Å². The van der Waals surface area contributed by atoms with E-state index in [0.717, 1.165) is 26.6 Å². The van der Waals surface area contributed by atoms with E-state index in [0.29, 0.717) is 11.2 Å². The van der Waals surface area contributed by atoms with Crippen LogP contribution in [0.25, 0.3) is 20.4 Å². The molecule has 0 aliphatic carbocycles. The van der Waals surface area contributed by atoms with Gasteiger partial charge in [0.2, 0.25) is 0 Å². The van der Waals surface area contributed by atoms with Crippen molar-refractivity contribution in [3.63, 3.8) is 0 Å². The Labute approximate surface area is 195 Å². The maximum Gasteiger partial charge on any atom is 0.272 e. The van der Waals surface area contributed by atoms with Crippen LogP contribution in [0.1, 0.15) is 29.5 Å². The molecule has 5 aromatic rings. The Bertz CT molecular complexity index is 1460. The summed E-state index contributed by atoms with van der Waals surface area (Å²) >= 11 is 3.06. The average molecular weight is 458 g/mol. The zero-order valence-electron chi connectivity index (χ0n) is 18.0. The number of hydrogen-bond acceptors (Lipinski definition) is 5. The first-order valence-corrected chi connectivity index (χ1v) is 12.4. The van der Waals surface area contributed by atoms with Crippen molar-refractivity contribution in [3.8, 4) is 0 Å². The van der Waals surface area contributed by atoms with E-state index in [-0.39, 0.29) is 11.5 Å². The molecule has 0 spiro atoms. The van der Waals surface area contributed by atoms with Crippen LogP contribution in [-0.4, -0.2) is 14.5 Å². The minimum absolute atomic E-state index is 0.0209. The van der Waals surface area contributed by atoms with Crippen LogP contribution >= 0.6 is 23.1 Å². The van der Waals surface area contributed by atoms with Gasteiger partial charge in [-0.3, -0.25) is 9.36 Å².